The van der Waals surface area contributed by atoms with Crippen molar-refractivity contribution >= 4 is 40.5 Å². The molecule has 0 atom stereocenters. The molecule has 0 saturated carbocycles. The SMILES string of the molecule is S=c1[nH]nc(Cc2cccc3ccccc23)n1/N=C\c1cccs1. The Labute approximate surface area is 148 Å². The third-order valence-electron chi connectivity index (χ3n) is 3.79. The second-order valence-corrected chi connectivity index (χ2v) is 6.70. The Bertz CT molecular complexity index is 1050. The first-order valence-electron chi connectivity index (χ1n) is 7.52. The van der Waals surface area contributed by atoms with E-state index in [0.29, 0.717) is 11.2 Å². The lowest BCUT2D eigenvalue weighted by molar-refractivity contribution is 0.793. The number of nitrogens with zero attached hydrogens (tertiary/aromatic N) is 3. The highest BCUT2D eigenvalue weighted by molar-refractivity contribution is 7.71. The predicted molar refractivity (Wildman–Crippen MR) is 101 cm³/mol. The monoisotopic (exact) mass is 350 g/mol. The summed E-state index contributed by atoms with van der Waals surface area (Å²) in [5, 5.41) is 16.1. The van der Waals surface area contributed by atoms with E-state index in [1.54, 1.807) is 16.0 Å². The summed E-state index contributed by atoms with van der Waals surface area (Å²) in [7, 11) is 0. The summed E-state index contributed by atoms with van der Waals surface area (Å²) in [5.74, 6) is 0.796. The van der Waals surface area contributed by atoms with Gasteiger partial charge in [-0.25, -0.2) is 0 Å². The summed E-state index contributed by atoms with van der Waals surface area (Å²) in [6.07, 6.45) is 2.47. The van der Waals surface area contributed by atoms with Crippen LogP contribution in [0.15, 0.2) is 65.1 Å². The Morgan fingerprint density at radius 1 is 1.12 bits per heavy atom. The fraction of sp³-hybridized carbons (Fsp3) is 0.0556. The van der Waals surface area contributed by atoms with Crippen LogP contribution in [0.2, 0.25) is 0 Å². The predicted octanol–water partition coefficient (Wildman–Crippen LogP) is 4.63. The number of benzene rings is 2. The van der Waals surface area contributed by atoms with E-state index in [-0.39, 0.29) is 0 Å². The maximum absolute atomic E-state index is 5.31. The summed E-state index contributed by atoms with van der Waals surface area (Å²) < 4.78 is 2.19. The van der Waals surface area contributed by atoms with Crippen molar-refractivity contribution in [2.75, 3.05) is 0 Å². The molecule has 2 aromatic carbocycles. The Balaban J connectivity index is 1.71. The van der Waals surface area contributed by atoms with Gasteiger partial charge in [0.15, 0.2) is 5.82 Å². The zero-order chi connectivity index (χ0) is 16.4. The molecule has 0 radical (unpaired) electrons. The van der Waals surface area contributed by atoms with Gasteiger partial charge in [-0.15, -0.1) is 11.3 Å². The third-order valence-corrected chi connectivity index (χ3v) is 4.86. The quantitative estimate of drug-likeness (QED) is 0.431. The van der Waals surface area contributed by atoms with Crippen LogP contribution in [0.4, 0.5) is 0 Å². The normalized spacial score (nSPS) is 11.5. The van der Waals surface area contributed by atoms with Crippen molar-refractivity contribution in [2.45, 2.75) is 6.42 Å². The van der Waals surface area contributed by atoms with Crippen molar-refractivity contribution < 1.29 is 0 Å². The molecule has 1 N–H and O–H groups in total. The Hall–Kier alpha value is -2.57. The molecule has 0 saturated heterocycles. The standard InChI is InChI=1S/C18H14N4S2/c23-18-21-20-17(22(18)19-12-15-8-4-10-24-15)11-14-7-3-6-13-5-1-2-9-16(13)14/h1-10,12H,11H2,(H,21,23)/b19-12-. The largest absolute Gasteiger partial charge is 0.250 e. The van der Waals surface area contributed by atoms with Gasteiger partial charge in [-0.05, 0) is 40.0 Å². The molecule has 4 nitrogen and oxygen atoms in total. The van der Waals surface area contributed by atoms with Crippen LogP contribution >= 0.6 is 23.6 Å². The molecule has 4 rings (SSSR count). The number of H-pyrrole nitrogens is 1. The molecule has 6 heteroatoms. The van der Waals surface area contributed by atoms with Crippen LogP contribution in [-0.2, 0) is 6.42 Å². The van der Waals surface area contributed by atoms with Gasteiger partial charge >= 0.3 is 0 Å². The van der Waals surface area contributed by atoms with Crippen molar-refractivity contribution in [1.29, 1.82) is 0 Å². The van der Waals surface area contributed by atoms with Crippen LogP contribution in [0, 0.1) is 4.77 Å². The molecule has 0 unspecified atom stereocenters. The molecular weight excluding hydrogens is 336 g/mol. The maximum atomic E-state index is 5.31. The van der Waals surface area contributed by atoms with Crippen LogP contribution in [0.3, 0.4) is 0 Å². The first-order chi connectivity index (χ1) is 11.8. The molecule has 118 valence electrons. The zero-order valence-corrected chi connectivity index (χ0v) is 14.3. The van der Waals surface area contributed by atoms with Crippen LogP contribution in [-0.4, -0.2) is 21.1 Å². The molecular formula is C18H14N4S2. The number of hydrogen-bond acceptors (Lipinski definition) is 4. The van der Waals surface area contributed by atoms with E-state index in [4.69, 9.17) is 12.2 Å². The third kappa shape index (κ3) is 2.93. The second-order valence-electron chi connectivity index (χ2n) is 5.33. The molecule has 0 aliphatic heterocycles. The molecule has 2 aromatic heterocycles. The fourth-order valence-electron chi connectivity index (χ4n) is 2.65. The highest BCUT2D eigenvalue weighted by atomic mass is 32.1. The molecule has 24 heavy (non-hydrogen) atoms. The van der Waals surface area contributed by atoms with Gasteiger partial charge in [-0.1, -0.05) is 48.5 Å². The van der Waals surface area contributed by atoms with E-state index in [0.717, 1.165) is 10.7 Å². The molecule has 0 spiro atoms. The lowest BCUT2D eigenvalue weighted by atomic mass is 10.0. The van der Waals surface area contributed by atoms with Crippen molar-refractivity contribution in [2.24, 2.45) is 5.10 Å². The summed E-state index contributed by atoms with van der Waals surface area (Å²) in [6, 6.07) is 18.7. The molecule has 0 aliphatic rings. The Kier molecular flexibility index (Phi) is 4.06. The minimum atomic E-state index is 0.498. The highest BCUT2D eigenvalue weighted by Gasteiger charge is 2.08. The summed E-state index contributed by atoms with van der Waals surface area (Å²) >= 11 is 6.95. The van der Waals surface area contributed by atoms with Crippen molar-refractivity contribution in [3.05, 3.63) is 81.0 Å². The van der Waals surface area contributed by atoms with E-state index in [1.165, 1.54) is 16.3 Å². The maximum Gasteiger partial charge on any atom is 0.216 e. The molecule has 2 heterocycles. The van der Waals surface area contributed by atoms with Crippen LogP contribution in [0.1, 0.15) is 16.3 Å². The van der Waals surface area contributed by atoms with E-state index in [9.17, 15) is 0 Å². The first kappa shape index (κ1) is 15.0. The summed E-state index contributed by atoms with van der Waals surface area (Å²) in [5.41, 5.74) is 1.20. The van der Waals surface area contributed by atoms with E-state index in [2.05, 4.69) is 51.7 Å². The van der Waals surface area contributed by atoms with Crippen molar-refractivity contribution in [1.82, 2.24) is 14.9 Å². The highest BCUT2D eigenvalue weighted by Crippen LogP contribution is 2.20. The zero-order valence-electron chi connectivity index (χ0n) is 12.7. The summed E-state index contributed by atoms with van der Waals surface area (Å²) in [6.45, 7) is 0. The van der Waals surface area contributed by atoms with Crippen LogP contribution < -0.4 is 0 Å². The number of hydrogen-bond donors (Lipinski definition) is 1. The van der Waals surface area contributed by atoms with Gasteiger partial charge in [0.05, 0.1) is 6.21 Å². The lowest BCUT2D eigenvalue weighted by Crippen LogP contribution is -2.00. The van der Waals surface area contributed by atoms with E-state index in [1.807, 2.05) is 29.8 Å². The van der Waals surface area contributed by atoms with Gasteiger partial charge in [-0.2, -0.15) is 14.9 Å². The van der Waals surface area contributed by atoms with Gasteiger partial charge in [0.25, 0.3) is 0 Å². The Morgan fingerprint density at radius 3 is 2.88 bits per heavy atom. The van der Waals surface area contributed by atoms with Gasteiger partial charge in [0, 0.05) is 11.3 Å². The number of aromatic nitrogens is 3. The van der Waals surface area contributed by atoms with Gasteiger partial charge in [0.1, 0.15) is 0 Å². The fourth-order valence-corrected chi connectivity index (χ4v) is 3.43. The minimum Gasteiger partial charge on any atom is -0.250 e. The Morgan fingerprint density at radius 2 is 2.00 bits per heavy atom. The number of aromatic amines is 1. The van der Waals surface area contributed by atoms with Gasteiger partial charge < -0.3 is 0 Å². The molecule has 0 fully saturated rings. The smallest absolute Gasteiger partial charge is 0.216 e. The van der Waals surface area contributed by atoms with Crippen LogP contribution in [0.25, 0.3) is 10.8 Å². The number of nitrogens with one attached hydrogen (secondary N) is 1. The molecule has 0 aliphatic carbocycles. The molecule has 4 aromatic rings. The van der Waals surface area contributed by atoms with Crippen molar-refractivity contribution in [3.8, 4) is 0 Å². The van der Waals surface area contributed by atoms with E-state index < -0.39 is 0 Å². The summed E-state index contributed by atoms with van der Waals surface area (Å²) in [4.78, 5) is 1.08. The van der Waals surface area contributed by atoms with Crippen LogP contribution in [0.5, 0.6) is 0 Å². The number of rotatable bonds is 4. The second kappa shape index (κ2) is 6.51. The van der Waals surface area contributed by atoms with Gasteiger partial charge in [-0.3, -0.25) is 5.10 Å². The molecule has 0 bridgehead atoms. The lowest BCUT2D eigenvalue weighted by Gasteiger charge is -2.06. The number of fused-ring (bicyclic) bond motifs is 1. The minimum absolute atomic E-state index is 0.498. The molecule has 0 amide bonds. The average Bonchev–Trinajstić information content (AvgIpc) is 3.24. The first-order valence-corrected chi connectivity index (χ1v) is 8.81. The number of thiophene rings is 1. The van der Waals surface area contributed by atoms with Crippen molar-refractivity contribution in [3.63, 3.8) is 0 Å². The van der Waals surface area contributed by atoms with Gasteiger partial charge in [0.2, 0.25) is 4.77 Å². The van der Waals surface area contributed by atoms with E-state index >= 15 is 0 Å². The topological polar surface area (TPSA) is 46.0 Å². The average molecular weight is 350 g/mol.